The molecule has 3 aromatic rings. The molecule has 1 aliphatic heterocycles. The van der Waals surface area contributed by atoms with Crippen molar-refractivity contribution < 1.29 is 17.9 Å². The number of ketones is 1. The average molecular weight is 413 g/mol. The predicted octanol–water partition coefficient (Wildman–Crippen LogP) is 3.58. The number of pyridine rings is 1. The molecule has 0 spiro atoms. The Labute approximate surface area is 170 Å². The first kappa shape index (κ1) is 19.6. The van der Waals surface area contributed by atoms with Crippen molar-refractivity contribution in [2.75, 3.05) is 18.1 Å². The molecule has 1 saturated heterocycles. The molecule has 0 amide bonds. The highest BCUT2D eigenvalue weighted by Gasteiger charge is 2.31. The van der Waals surface area contributed by atoms with E-state index in [1.807, 2.05) is 61.7 Å². The fraction of sp³-hybridized carbons (Fsp3) is 0.364. The van der Waals surface area contributed by atoms with E-state index in [1.165, 1.54) is 0 Å². The fourth-order valence-corrected chi connectivity index (χ4v) is 5.86. The number of hydrogen-bond acceptors (Lipinski definition) is 5. The first-order chi connectivity index (χ1) is 13.7. The van der Waals surface area contributed by atoms with Gasteiger partial charge in [0.05, 0.1) is 11.5 Å². The van der Waals surface area contributed by atoms with Gasteiger partial charge in [-0.2, -0.15) is 0 Å². The van der Waals surface area contributed by atoms with Gasteiger partial charge in [0.2, 0.25) is 5.78 Å². The van der Waals surface area contributed by atoms with Gasteiger partial charge in [-0.05, 0) is 45.4 Å². The molecule has 152 valence electrons. The Morgan fingerprint density at radius 2 is 2.00 bits per heavy atom. The predicted molar refractivity (Wildman–Crippen MR) is 113 cm³/mol. The number of benzene rings is 1. The summed E-state index contributed by atoms with van der Waals surface area (Å²) in [6, 6.07) is 11.3. The van der Waals surface area contributed by atoms with Crippen molar-refractivity contribution in [1.29, 1.82) is 0 Å². The normalized spacial score (nSPS) is 18.2. The number of fused-ring (bicyclic) bond motifs is 1. The van der Waals surface area contributed by atoms with E-state index in [9.17, 15) is 13.2 Å². The highest BCUT2D eigenvalue weighted by molar-refractivity contribution is 7.91. The summed E-state index contributed by atoms with van der Waals surface area (Å²) >= 11 is 0. The summed E-state index contributed by atoms with van der Waals surface area (Å²) in [5.41, 5.74) is 3.90. The number of Topliss-reactive ketones (excluding diaryl/α,β-unsaturated/α-hetero) is 1. The third kappa shape index (κ3) is 3.79. The van der Waals surface area contributed by atoms with Gasteiger partial charge in [0.25, 0.3) is 0 Å². The number of carbonyl (C=O) groups is 1. The van der Waals surface area contributed by atoms with Crippen LogP contribution in [0.1, 0.15) is 39.9 Å². The van der Waals surface area contributed by atoms with Crippen LogP contribution in [0.2, 0.25) is 0 Å². The lowest BCUT2D eigenvalue weighted by molar-refractivity contribution is 0.0921. The van der Waals surface area contributed by atoms with Crippen LogP contribution < -0.4 is 4.74 Å². The average Bonchev–Trinajstić information content (AvgIpc) is 3.17. The SMILES string of the molecule is Cc1ccc2cccc(OCC(=O)c3cc(C)n([C@@H]4CCS(=O)(=O)C4)c3C)c2n1. The molecule has 0 saturated carbocycles. The van der Waals surface area contributed by atoms with E-state index >= 15 is 0 Å². The van der Waals surface area contributed by atoms with Crippen LogP contribution in [0.5, 0.6) is 5.75 Å². The van der Waals surface area contributed by atoms with Crippen molar-refractivity contribution >= 4 is 26.5 Å². The third-order valence-corrected chi connectivity index (χ3v) is 7.29. The van der Waals surface area contributed by atoms with Crippen molar-refractivity contribution in [2.45, 2.75) is 33.2 Å². The zero-order valence-corrected chi connectivity index (χ0v) is 17.6. The molecule has 0 aliphatic carbocycles. The Hall–Kier alpha value is -2.67. The van der Waals surface area contributed by atoms with E-state index in [1.54, 1.807) is 0 Å². The number of nitrogens with zero attached hydrogens (tertiary/aromatic N) is 2. The van der Waals surface area contributed by atoms with Crippen LogP contribution in [0.15, 0.2) is 36.4 Å². The van der Waals surface area contributed by atoms with Gasteiger partial charge >= 0.3 is 0 Å². The van der Waals surface area contributed by atoms with E-state index in [-0.39, 0.29) is 29.9 Å². The molecule has 1 aliphatic rings. The van der Waals surface area contributed by atoms with Gasteiger partial charge in [-0.3, -0.25) is 4.79 Å². The molecule has 0 unspecified atom stereocenters. The molecule has 29 heavy (non-hydrogen) atoms. The van der Waals surface area contributed by atoms with Crippen LogP contribution in [-0.4, -0.2) is 41.9 Å². The molecule has 1 atom stereocenters. The number of carbonyl (C=O) groups excluding carboxylic acids is 1. The minimum atomic E-state index is -3.00. The van der Waals surface area contributed by atoms with Crippen LogP contribution in [0.25, 0.3) is 10.9 Å². The van der Waals surface area contributed by atoms with Gasteiger partial charge in [-0.1, -0.05) is 18.2 Å². The van der Waals surface area contributed by atoms with Crippen molar-refractivity contribution in [2.24, 2.45) is 0 Å². The largest absolute Gasteiger partial charge is 0.483 e. The number of aryl methyl sites for hydroxylation is 2. The van der Waals surface area contributed by atoms with Gasteiger partial charge in [0, 0.05) is 34.1 Å². The lowest BCUT2D eigenvalue weighted by atomic mass is 10.1. The van der Waals surface area contributed by atoms with E-state index < -0.39 is 9.84 Å². The molecule has 6 nitrogen and oxygen atoms in total. The van der Waals surface area contributed by atoms with Gasteiger partial charge < -0.3 is 9.30 Å². The summed E-state index contributed by atoms with van der Waals surface area (Å²) in [5, 5.41) is 0.959. The van der Waals surface area contributed by atoms with Crippen LogP contribution in [-0.2, 0) is 9.84 Å². The maximum absolute atomic E-state index is 12.9. The number of sulfone groups is 1. The number of para-hydroxylation sites is 1. The van der Waals surface area contributed by atoms with Crippen molar-refractivity contribution in [3.63, 3.8) is 0 Å². The quantitative estimate of drug-likeness (QED) is 0.599. The van der Waals surface area contributed by atoms with E-state index in [4.69, 9.17) is 4.74 Å². The minimum absolute atomic E-state index is 0.0952. The molecule has 1 aromatic carbocycles. The van der Waals surface area contributed by atoms with Gasteiger partial charge in [-0.15, -0.1) is 0 Å². The van der Waals surface area contributed by atoms with E-state index in [0.717, 1.165) is 28.0 Å². The Balaban J connectivity index is 1.56. The van der Waals surface area contributed by atoms with Crippen LogP contribution in [0.3, 0.4) is 0 Å². The van der Waals surface area contributed by atoms with Crippen LogP contribution >= 0.6 is 0 Å². The lowest BCUT2D eigenvalue weighted by Gasteiger charge is -2.16. The molecule has 1 fully saturated rings. The van der Waals surface area contributed by atoms with Crippen molar-refractivity contribution in [3.05, 3.63) is 59.0 Å². The molecule has 0 radical (unpaired) electrons. The van der Waals surface area contributed by atoms with Gasteiger partial charge in [0.1, 0.15) is 11.3 Å². The third-order valence-electron chi connectivity index (χ3n) is 5.54. The topological polar surface area (TPSA) is 78.3 Å². The van der Waals surface area contributed by atoms with Gasteiger partial charge in [0.15, 0.2) is 16.4 Å². The van der Waals surface area contributed by atoms with Crippen LogP contribution in [0.4, 0.5) is 0 Å². The number of rotatable bonds is 5. The molecule has 3 heterocycles. The second kappa shape index (κ2) is 7.30. The maximum atomic E-state index is 12.9. The molecule has 4 rings (SSSR count). The zero-order chi connectivity index (χ0) is 20.8. The second-order valence-corrected chi connectivity index (χ2v) is 9.93. The van der Waals surface area contributed by atoms with Crippen molar-refractivity contribution in [1.82, 2.24) is 9.55 Å². The summed E-state index contributed by atoms with van der Waals surface area (Å²) < 4.78 is 31.5. The summed E-state index contributed by atoms with van der Waals surface area (Å²) in [5.74, 6) is 0.786. The Morgan fingerprint density at radius 3 is 2.72 bits per heavy atom. The molecule has 0 bridgehead atoms. The summed E-state index contributed by atoms with van der Waals surface area (Å²) in [6.07, 6.45) is 0.587. The zero-order valence-electron chi connectivity index (χ0n) is 16.8. The number of ether oxygens (including phenoxy) is 1. The van der Waals surface area contributed by atoms with Crippen molar-refractivity contribution in [3.8, 4) is 5.75 Å². The molecule has 2 aromatic heterocycles. The summed E-state index contributed by atoms with van der Waals surface area (Å²) in [6.45, 7) is 5.60. The summed E-state index contributed by atoms with van der Waals surface area (Å²) in [7, 11) is -3.00. The van der Waals surface area contributed by atoms with E-state index in [0.29, 0.717) is 17.7 Å². The monoisotopic (exact) mass is 412 g/mol. The maximum Gasteiger partial charge on any atom is 0.202 e. The Bertz CT molecular complexity index is 1210. The molecular formula is C22H24N2O4S. The highest BCUT2D eigenvalue weighted by Crippen LogP contribution is 2.30. The molecule has 0 N–H and O–H groups in total. The van der Waals surface area contributed by atoms with Gasteiger partial charge in [-0.25, -0.2) is 13.4 Å². The standard InChI is InChI=1S/C22H24N2O4S/c1-14-7-8-17-5-4-6-21(22(17)23-14)28-12-20(25)19-11-15(2)24(16(19)3)18-9-10-29(26,27)13-18/h4-8,11,18H,9-10,12-13H2,1-3H3/t18-/m1/s1. The number of hydrogen-bond donors (Lipinski definition) is 0. The fourth-order valence-electron chi connectivity index (χ4n) is 4.16. The van der Waals surface area contributed by atoms with E-state index in [2.05, 4.69) is 4.98 Å². The Kier molecular flexibility index (Phi) is 4.94. The highest BCUT2D eigenvalue weighted by atomic mass is 32.2. The van der Waals surface area contributed by atoms with Crippen LogP contribution in [0, 0.1) is 20.8 Å². The molecular weight excluding hydrogens is 388 g/mol. The lowest BCUT2D eigenvalue weighted by Crippen LogP contribution is -2.16. The molecule has 7 heteroatoms. The number of aromatic nitrogens is 2. The smallest absolute Gasteiger partial charge is 0.202 e. The first-order valence-corrected chi connectivity index (χ1v) is 11.5. The Morgan fingerprint density at radius 1 is 1.21 bits per heavy atom. The minimum Gasteiger partial charge on any atom is -0.483 e. The first-order valence-electron chi connectivity index (χ1n) is 9.66. The summed E-state index contributed by atoms with van der Waals surface area (Å²) in [4.78, 5) is 17.4. The second-order valence-electron chi connectivity index (χ2n) is 7.70.